The molecular weight excluding hydrogens is 200 g/mol. The Morgan fingerprint density at radius 2 is 1.08 bits per heavy atom. The number of rotatable bonds is 4. The monoisotopic (exact) mass is 219 g/mol. The Morgan fingerprint density at radius 3 is 1.25 bits per heavy atom. The molecule has 0 aliphatic heterocycles. The van der Waals surface area contributed by atoms with Crippen molar-refractivity contribution >= 4 is 26.9 Å². The van der Waals surface area contributed by atoms with E-state index >= 15 is 0 Å². The SMILES string of the molecule is C[Si](C)(C)OC([Si+3])O[Si](C)(C)C. The molecule has 5 heteroatoms. The maximum absolute atomic E-state index is 5.68. The van der Waals surface area contributed by atoms with Gasteiger partial charge in [0.05, 0.1) is 0 Å². The molecule has 0 rings (SSSR count). The molecule has 0 bridgehead atoms. The summed E-state index contributed by atoms with van der Waals surface area (Å²) in [6.07, 6.45) is 0. The van der Waals surface area contributed by atoms with Crippen LogP contribution < -0.4 is 0 Å². The summed E-state index contributed by atoms with van der Waals surface area (Å²) in [5.41, 5.74) is 0. The Morgan fingerprint density at radius 1 is 0.833 bits per heavy atom. The van der Waals surface area contributed by atoms with Crippen molar-refractivity contribution in [1.29, 1.82) is 0 Å². The Hall–Kier alpha value is 0.571. The first-order valence-corrected chi connectivity index (χ1v) is 11.6. The summed E-state index contributed by atoms with van der Waals surface area (Å²) in [6.45, 7) is 12.9. The van der Waals surface area contributed by atoms with Crippen molar-refractivity contribution in [3.05, 3.63) is 0 Å². The van der Waals surface area contributed by atoms with Crippen molar-refractivity contribution in [2.75, 3.05) is 0 Å². The predicted octanol–water partition coefficient (Wildman–Crippen LogP) is 2.14. The predicted molar refractivity (Wildman–Crippen MR) is 58.4 cm³/mol. The summed E-state index contributed by atoms with van der Waals surface area (Å²) >= 11 is 0. The zero-order chi connectivity index (χ0) is 9.99. The molecule has 0 radical (unpaired) electrons. The summed E-state index contributed by atoms with van der Waals surface area (Å²) in [5.74, 6) is -0.219. The molecule has 0 atom stereocenters. The average molecular weight is 219 g/mol. The molecule has 0 aromatic rings. The minimum absolute atomic E-state index is 0.219. The Balaban J connectivity index is 3.83. The Kier molecular flexibility index (Phi) is 4.39. The molecule has 0 unspecified atom stereocenters. The average Bonchev–Trinajstić information content (AvgIpc) is 1.49. The van der Waals surface area contributed by atoms with Crippen molar-refractivity contribution < 1.29 is 8.85 Å². The van der Waals surface area contributed by atoms with Crippen molar-refractivity contribution in [2.24, 2.45) is 0 Å². The third-order valence-corrected chi connectivity index (χ3v) is 3.47. The van der Waals surface area contributed by atoms with Crippen LogP contribution in [0.4, 0.5) is 0 Å². The van der Waals surface area contributed by atoms with Gasteiger partial charge in [-0.3, -0.25) is 0 Å². The normalized spacial score (nSPS) is 14.1. The summed E-state index contributed by atoms with van der Waals surface area (Å²) in [4.78, 5) is 0. The molecule has 68 valence electrons. The van der Waals surface area contributed by atoms with E-state index in [1.807, 2.05) is 0 Å². The molecule has 0 aliphatic carbocycles. The summed E-state index contributed by atoms with van der Waals surface area (Å²) in [6, 6.07) is 0. The number of hydrogen-bond acceptors (Lipinski definition) is 2. The van der Waals surface area contributed by atoms with Crippen LogP contribution in [0.2, 0.25) is 39.3 Å². The van der Waals surface area contributed by atoms with Gasteiger partial charge in [0.2, 0.25) is 0 Å². The van der Waals surface area contributed by atoms with Gasteiger partial charge in [-0.25, -0.2) is 0 Å². The van der Waals surface area contributed by atoms with Crippen molar-refractivity contribution in [2.45, 2.75) is 45.2 Å². The summed E-state index contributed by atoms with van der Waals surface area (Å²) in [5, 5.41) is 0. The second kappa shape index (κ2) is 4.19. The van der Waals surface area contributed by atoms with Gasteiger partial charge in [-0.2, -0.15) is 0 Å². The van der Waals surface area contributed by atoms with Gasteiger partial charge in [0, 0.05) is 0 Å². The first-order chi connectivity index (χ1) is 5.10. The van der Waals surface area contributed by atoms with E-state index in [-0.39, 0.29) is 5.91 Å². The molecule has 0 spiro atoms. The first kappa shape index (κ1) is 12.6. The molecule has 0 saturated heterocycles. The molecule has 0 fully saturated rings. The van der Waals surface area contributed by atoms with Crippen LogP contribution in [0.3, 0.4) is 0 Å². The van der Waals surface area contributed by atoms with Gasteiger partial charge in [0.25, 0.3) is 0 Å². The topological polar surface area (TPSA) is 18.5 Å². The molecule has 0 N–H and O–H groups in total. The summed E-state index contributed by atoms with van der Waals surface area (Å²) < 4.78 is 11.4. The van der Waals surface area contributed by atoms with Crippen LogP contribution in [0.5, 0.6) is 0 Å². The third kappa shape index (κ3) is 8.67. The molecule has 0 aromatic heterocycles. The van der Waals surface area contributed by atoms with Gasteiger partial charge in [0.15, 0.2) is 0 Å². The molecule has 0 aromatic carbocycles. The Labute approximate surface area is 81.3 Å². The Bertz CT molecular complexity index is 121. The van der Waals surface area contributed by atoms with E-state index in [0.717, 1.165) is 0 Å². The quantitative estimate of drug-likeness (QED) is 0.533. The fourth-order valence-electron chi connectivity index (χ4n) is 0.666. The number of hydrogen-bond donors (Lipinski definition) is 0. The van der Waals surface area contributed by atoms with Crippen LogP contribution in [0.15, 0.2) is 0 Å². The van der Waals surface area contributed by atoms with Gasteiger partial charge in [-0.05, 0) is 0 Å². The van der Waals surface area contributed by atoms with E-state index in [0.29, 0.717) is 0 Å². The van der Waals surface area contributed by atoms with Crippen molar-refractivity contribution in [1.82, 2.24) is 0 Å². The minimum atomic E-state index is -1.47. The van der Waals surface area contributed by atoms with E-state index in [1.165, 1.54) is 0 Å². The van der Waals surface area contributed by atoms with Crippen LogP contribution in [-0.2, 0) is 8.85 Å². The third-order valence-electron chi connectivity index (χ3n) is 0.921. The standard InChI is InChI=1S/C7H19O2Si3/c1-11(2,3)8-7(10)9-12(4,5)6/h7H,1-6H3/q+3. The summed E-state index contributed by atoms with van der Waals surface area (Å²) in [7, 11) is 0.483. The molecule has 12 heavy (non-hydrogen) atoms. The van der Waals surface area contributed by atoms with Crippen molar-refractivity contribution in [3.63, 3.8) is 0 Å². The van der Waals surface area contributed by atoms with Gasteiger partial charge >= 0.3 is 80.9 Å². The molecular formula is C7H19O2Si3+3. The van der Waals surface area contributed by atoms with Crippen LogP contribution in [0, 0.1) is 0 Å². The van der Waals surface area contributed by atoms with Gasteiger partial charge < -0.3 is 0 Å². The van der Waals surface area contributed by atoms with Gasteiger partial charge in [0.1, 0.15) is 0 Å². The van der Waals surface area contributed by atoms with Crippen LogP contribution in [-0.4, -0.2) is 32.8 Å². The molecule has 2 nitrogen and oxygen atoms in total. The second-order valence-electron chi connectivity index (χ2n) is 4.79. The van der Waals surface area contributed by atoms with Gasteiger partial charge in [-0.1, -0.05) is 0 Å². The molecule has 0 aliphatic rings. The van der Waals surface area contributed by atoms with Crippen LogP contribution >= 0.6 is 0 Å². The van der Waals surface area contributed by atoms with E-state index in [4.69, 9.17) is 8.85 Å². The van der Waals surface area contributed by atoms with Gasteiger partial charge in [-0.15, -0.1) is 0 Å². The fourth-order valence-corrected chi connectivity index (χ4v) is 4.26. The molecule has 0 amide bonds. The van der Waals surface area contributed by atoms with E-state index in [2.05, 4.69) is 49.5 Å². The van der Waals surface area contributed by atoms with Crippen LogP contribution in [0.1, 0.15) is 0 Å². The van der Waals surface area contributed by atoms with E-state index in [9.17, 15) is 0 Å². The zero-order valence-electron chi connectivity index (χ0n) is 8.89. The first-order valence-electron chi connectivity index (χ1n) is 4.17. The van der Waals surface area contributed by atoms with E-state index in [1.54, 1.807) is 0 Å². The second-order valence-corrected chi connectivity index (χ2v) is 14.2. The maximum atomic E-state index is 5.68. The van der Waals surface area contributed by atoms with Crippen LogP contribution in [0.25, 0.3) is 0 Å². The fraction of sp³-hybridized carbons (Fsp3) is 1.00. The van der Waals surface area contributed by atoms with Crippen molar-refractivity contribution in [3.8, 4) is 0 Å². The molecule has 0 saturated carbocycles. The molecule has 0 heterocycles. The van der Waals surface area contributed by atoms with E-state index < -0.39 is 16.6 Å². The zero-order valence-corrected chi connectivity index (χ0v) is 11.9.